The lowest BCUT2D eigenvalue weighted by molar-refractivity contribution is -0.161. The van der Waals surface area contributed by atoms with Crippen LogP contribution in [-0.4, -0.2) is 96.7 Å². The van der Waals surface area contributed by atoms with E-state index in [1.165, 1.54) is 128 Å². The zero-order chi connectivity index (χ0) is 68.0. The maximum Gasteiger partial charge on any atom is 0.472 e. The van der Waals surface area contributed by atoms with Gasteiger partial charge in [-0.1, -0.05) is 291 Å². The number of aliphatic hydroxyl groups excluding tert-OH is 1. The Balaban J connectivity index is 5.29. The molecule has 5 atom stereocenters. The fourth-order valence-corrected chi connectivity index (χ4v) is 12.1. The first kappa shape index (κ1) is 89.5. The molecule has 0 saturated carbocycles. The van der Waals surface area contributed by atoms with Gasteiger partial charge in [-0.15, -0.1) is 0 Å². The van der Waals surface area contributed by atoms with E-state index >= 15 is 0 Å². The lowest BCUT2D eigenvalue weighted by Crippen LogP contribution is -2.30. The number of carbonyl (C=O) groups excluding carboxylic acids is 4. The second-order valence-corrected chi connectivity index (χ2v) is 30.0. The molecule has 17 nitrogen and oxygen atoms in total. The van der Waals surface area contributed by atoms with Crippen molar-refractivity contribution in [2.45, 2.75) is 362 Å². The molecule has 0 heterocycles. The van der Waals surface area contributed by atoms with Gasteiger partial charge in [0.1, 0.15) is 19.3 Å². The molecule has 0 amide bonds. The normalized spacial score (nSPS) is 14.3. The highest BCUT2D eigenvalue weighted by Crippen LogP contribution is 2.45. The highest BCUT2D eigenvalue weighted by molar-refractivity contribution is 7.47. The van der Waals surface area contributed by atoms with Crippen molar-refractivity contribution >= 4 is 39.5 Å². The smallest absolute Gasteiger partial charge is 0.462 e. The van der Waals surface area contributed by atoms with E-state index in [0.717, 1.165) is 127 Å². The largest absolute Gasteiger partial charge is 0.472 e. The Hall–Kier alpha value is -2.46. The van der Waals surface area contributed by atoms with Crippen LogP contribution in [0.4, 0.5) is 0 Å². The van der Waals surface area contributed by atoms with Gasteiger partial charge in [-0.25, -0.2) is 9.13 Å². The molecule has 0 aromatic heterocycles. The number of esters is 4. The monoisotopic (exact) mass is 1350 g/mol. The molecule has 0 bridgehead atoms. The number of hydrogen-bond donors (Lipinski definition) is 3. The Morgan fingerprint density at radius 3 is 0.880 bits per heavy atom. The first-order valence-electron chi connectivity index (χ1n) is 37.2. The van der Waals surface area contributed by atoms with Crippen LogP contribution in [-0.2, 0) is 65.4 Å². The molecule has 0 aliphatic carbocycles. The van der Waals surface area contributed by atoms with Gasteiger partial charge in [-0.3, -0.25) is 37.3 Å². The Morgan fingerprint density at radius 1 is 0.337 bits per heavy atom. The molecule has 542 valence electrons. The first-order valence-corrected chi connectivity index (χ1v) is 40.2. The van der Waals surface area contributed by atoms with Crippen molar-refractivity contribution in [3.05, 3.63) is 24.3 Å². The van der Waals surface area contributed by atoms with Crippen LogP contribution in [0.15, 0.2) is 24.3 Å². The van der Waals surface area contributed by atoms with Crippen molar-refractivity contribution in [2.75, 3.05) is 39.6 Å². The molecule has 0 fully saturated rings. The van der Waals surface area contributed by atoms with Gasteiger partial charge in [0, 0.05) is 25.7 Å². The molecule has 3 N–H and O–H groups in total. The minimum atomic E-state index is -4.96. The number of unbranched alkanes of at least 4 members (excludes halogenated alkanes) is 34. The molecular weight excluding hydrogens is 1210 g/mol. The van der Waals surface area contributed by atoms with Crippen LogP contribution in [0.5, 0.6) is 0 Å². The zero-order valence-corrected chi connectivity index (χ0v) is 61.3. The number of allylic oxidation sites excluding steroid dienone is 4. The molecule has 0 spiro atoms. The average molecular weight is 1350 g/mol. The van der Waals surface area contributed by atoms with E-state index in [-0.39, 0.29) is 25.7 Å². The van der Waals surface area contributed by atoms with E-state index < -0.39 is 97.5 Å². The van der Waals surface area contributed by atoms with Crippen LogP contribution in [0.25, 0.3) is 0 Å². The molecule has 0 aromatic carbocycles. The summed E-state index contributed by atoms with van der Waals surface area (Å²) in [4.78, 5) is 72.6. The zero-order valence-electron chi connectivity index (χ0n) is 59.5. The molecule has 0 radical (unpaired) electrons. The number of phosphoric ester groups is 2. The molecule has 3 unspecified atom stereocenters. The quantitative estimate of drug-likeness (QED) is 0.0169. The van der Waals surface area contributed by atoms with E-state index in [2.05, 4.69) is 72.8 Å². The van der Waals surface area contributed by atoms with Gasteiger partial charge in [-0.05, 0) is 69.1 Å². The van der Waals surface area contributed by atoms with E-state index in [4.69, 9.17) is 37.0 Å². The SMILES string of the molecule is CCCCCC/C=C\C=C/CCCCCCCC(=O)OC[C@H](COP(=O)(O)OCC(O)COP(=O)(O)OC[C@@H](COC(=O)CCCCCCCCCC(C)C)OC(=O)CCCCCCCCCCCCCC(C)C)OC(=O)CCCCCCCCCCCCC(C)C. The average Bonchev–Trinajstić information content (AvgIpc) is 2.06. The van der Waals surface area contributed by atoms with Crippen LogP contribution in [0.2, 0.25) is 0 Å². The van der Waals surface area contributed by atoms with Crippen molar-refractivity contribution in [2.24, 2.45) is 17.8 Å². The van der Waals surface area contributed by atoms with E-state index in [1.54, 1.807) is 0 Å². The van der Waals surface area contributed by atoms with E-state index in [9.17, 15) is 43.2 Å². The molecule has 0 saturated heterocycles. The van der Waals surface area contributed by atoms with Gasteiger partial charge >= 0.3 is 39.5 Å². The van der Waals surface area contributed by atoms with Gasteiger partial charge in [0.15, 0.2) is 12.2 Å². The third kappa shape index (κ3) is 66.2. The van der Waals surface area contributed by atoms with Crippen LogP contribution in [0.1, 0.15) is 344 Å². The summed E-state index contributed by atoms with van der Waals surface area (Å²) in [6.45, 7) is 11.7. The Morgan fingerprint density at radius 2 is 0.587 bits per heavy atom. The third-order valence-electron chi connectivity index (χ3n) is 16.3. The number of phosphoric acid groups is 2. The minimum Gasteiger partial charge on any atom is -0.462 e. The maximum atomic E-state index is 13.0. The summed E-state index contributed by atoms with van der Waals surface area (Å²) in [6, 6.07) is 0. The highest BCUT2D eigenvalue weighted by atomic mass is 31.2. The van der Waals surface area contributed by atoms with E-state index in [0.29, 0.717) is 31.6 Å². The number of carbonyl (C=O) groups is 4. The van der Waals surface area contributed by atoms with Gasteiger partial charge in [0.2, 0.25) is 0 Å². The van der Waals surface area contributed by atoms with Gasteiger partial charge < -0.3 is 33.8 Å². The lowest BCUT2D eigenvalue weighted by atomic mass is 10.0. The van der Waals surface area contributed by atoms with Gasteiger partial charge in [-0.2, -0.15) is 0 Å². The fourth-order valence-electron chi connectivity index (χ4n) is 10.5. The summed E-state index contributed by atoms with van der Waals surface area (Å²) in [6.07, 6.45) is 50.8. The standard InChI is InChI=1S/C73H138O17P2/c1-8-9-10-11-12-13-14-15-16-17-20-26-33-40-47-54-70(75)83-60-68(89-73(78)57-50-43-35-28-23-22-25-31-38-45-52-65(4)5)62-87-91(79,80)85-58-67(74)59-86-92(81,82)88-63-69(61-84-71(76)55-48-41-36-29-32-39-46-53-66(6)7)90-72(77)56-49-42-34-27-21-18-19-24-30-37-44-51-64(2)3/h13-16,64-69,74H,8-12,17-63H2,1-7H3,(H,79,80)(H,81,82)/b14-13-,16-15-/t67?,68-,69-/m1/s1. The third-order valence-corrected chi connectivity index (χ3v) is 18.2. The van der Waals surface area contributed by atoms with E-state index in [1.807, 2.05) is 0 Å². The molecular formula is C73H138O17P2. The predicted octanol–water partition coefficient (Wildman–Crippen LogP) is 20.6. The van der Waals surface area contributed by atoms with Crippen molar-refractivity contribution in [3.8, 4) is 0 Å². The topological polar surface area (TPSA) is 237 Å². The second-order valence-electron chi connectivity index (χ2n) is 27.1. The number of ether oxygens (including phenoxy) is 4. The van der Waals surface area contributed by atoms with Crippen molar-refractivity contribution in [1.29, 1.82) is 0 Å². The molecule has 0 rings (SSSR count). The maximum absolute atomic E-state index is 13.0. The summed E-state index contributed by atoms with van der Waals surface area (Å²) in [5, 5.41) is 10.6. The number of rotatable bonds is 69. The van der Waals surface area contributed by atoms with Crippen molar-refractivity contribution in [3.63, 3.8) is 0 Å². The van der Waals surface area contributed by atoms with Crippen molar-refractivity contribution < 1.29 is 80.2 Å². The Bertz CT molecular complexity index is 1890. The van der Waals surface area contributed by atoms with Crippen LogP contribution in [0, 0.1) is 17.8 Å². The highest BCUT2D eigenvalue weighted by Gasteiger charge is 2.30. The molecule has 0 aliphatic rings. The lowest BCUT2D eigenvalue weighted by Gasteiger charge is -2.21. The Kier molecular flexibility index (Phi) is 61.6. The minimum absolute atomic E-state index is 0.0986. The molecule has 92 heavy (non-hydrogen) atoms. The van der Waals surface area contributed by atoms with Crippen LogP contribution in [0.3, 0.4) is 0 Å². The Labute approximate surface area is 561 Å². The summed E-state index contributed by atoms with van der Waals surface area (Å²) in [5.74, 6) is 0.0628. The molecule has 0 aliphatic heterocycles. The predicted molar refractivity (Wildman–Crippen MR) is 372 cm³/mol. The summed E-state index contributed by atoms with van der Waals surface area (Å²) in [5.41, 5.74) is 0. The van der Waals surface area contributed by atoms with Crippen LogP contribution < -0.4 is 0 Å². The number of hydrogen-bond acceptors (Lipinski definition) is 15. The summed E-state index contributed by atoms with van der Waals surface area (Å²) < 4.78 is 68.3. The van der Waals surface area contributed by atoms with Crippen LogP contribution >= 0.6 is 15.6 Å². The molecule has 19 heteroatoms. The second kappa shape index (κ2) is 63.3. The first-order chi connectivity index (χ1) is 44.2. The molecule has 0 aromatic rings. The van der Waals surface area contributed by atoms with Gasteiger partial charge in [0.25, 0.3) is 0 Å². The van der Waals surface area contributed by atoms with Gasteiger partial charge in [0.05, 0.1) is 26.4 Å². The number of aliphatic hydroxyl groups is 1. The summed E-state index contributed by atoms with van der Waals surface area (Å²) in [7, 11) is -9.92. The summed E-state index contributed by atoms with van der Waals surface area (Å²) >= 11 is 0. The fraction of sp³-hybridized carbons (Fsp3) is 0.890. The van der Waals surface area contributed by atoms with Crippen molar-refractivity contribution in [1.82, 2.24) is 0 Å².